The molecule has 1 aromatic rings. The Bertz CT molecular complexity index is 374. The zero-order chi connectivity index (χ0) is 13.8. The van der Waals surface area contributed by atoms with Gasteiger partial charge in [0.25, 0.3) is 0 Å². The van der Waals surface area contributed by atoms with E-state index >= 15 is 0 Å². The zero-order valence-corrected chi connectivity index (χ0v) is 11.1. The third kappa shape index (κ3) is 3.65. The van der Waals surface area contributed by atoms with Gasteiger partial charge in [0.05, 0.1) is 5.56 Å². The second-order valence-corrected chi connectivity index (χ2v) is 4.50. The van der Waals surface area contributed by atoms with Crippen molar-refractivity contribution in [1.82, 2.24) is 0 Å². The summed E-state index contributed by atoms with van der Waals surface area (Å²) in [6, 6.07) is 5.82. The molecule has 1 atom stereocenters. The van der Waals surface area contributed by atoms with E-state index in [4.69, 9.17) is 0 Å². The Balaban J connectivity index is 3.05. The van der Waals surface area contributed by atoms with Crippen LogP contribution in [0.4, 0.5) is 18.9 Å². The van der Waals surface area contributed by atoms with E-state index in [1.165, 1.54) is 12.1 Å². The summed E-state index contributed by atoms with van der Waals surface area (Å²) in [6.07, 6.45) is -2.44. The fourth-order valence-corrected chi connectivity index (χ4v) is 1.93. The van der Waals surface area contributed by atoms with Crippen LogP contribution >= 0.6 is 0 Å². The zero-order valence-electron chi connectivity index (χ0n) is 11.1. The second-order valence-electron chi connectivity index (χ2n) is 4.50. The number of anilines is 1. The molecule has 0 aliphatic heterocycles. The average molecular weight is 259 g/mol. The number of hydrogen-bond donors (Lipinski definition) is 0. The fraction of sp³-hybridized carbons (Fsp3) is 0.571. The molecule has 0 fully saturated rings. The van der Waals surface area contributed by atoms with Gasteiger partial charge in [0.15, 0.2) is 0 Å². The van der Waals surface area contributed by atoms with Crippen molar-refractivity contribution in [3.63, 3.8) is 0 Å². The van der Waals surface area contributed by atoms with Gasteiger partial charge >= 0.3 is 6.18 Å². The molecule has 0 radical (unpaired) electrons. The minimum absolute atomic E-state index is 0.244. The van der Waals surface area contributed by atoms with E-state index in [0.717, 1.165) is 25.5 Å². The molecule has 1 aromatic carbocycles. The summed E-state index contributed by atoms with van der Waals surface area (Å²) in [5, 5.41) is 0. The van der Waals surface area contributed by atoms with Gasteiger partial charge < -0.3 is 4.90 Å². The predicted molar refractivity (Wildman–Crippen MR) is 68.8 cm³/mol. The average Bonchev–Trinajstić information content (AvgIpc) is 2.34. The molecular formula is C14H20F3N. The van der Waals surface area contributed by atoms with E-state index in [1.807, 2.05) is 25.7 Å². The van der Waals surface area contributed by atoms with E-state index in [-0.39, 0.29) is 6.04 Å². The maximum absolute atomic E-state index is 12.7. The summed E-state index contributed by atoms with van der Waals surface area (Å²) in [7, 11) is 0. The molecule has 0 aromatic heterocycles. The summed E-state index contributed by atoms with van der Waals surface area (Å²) in [6.45, 7) is 6.89. The maximum Gasteiger partial charge on any atom is 0.416 e. The van der Waals surface area contributed by atoms with Gasteiger partial charge in [-0.05, 0) is 38.0 Å². The topological polar surface area (TPSA) is 3.24 Å². The van der Waals surface area contributed by atoms with Crippen molar-refractivity contribution in [3.8, 4) is 0 Å². The normalized spacial score (nSPS) is 13.4. The van der Waals surface area contributed by atoms with E-state index in [0.29, 0.717) is 5.69 Å². The number of hydrogen-bond acceptors (Lipinski definition) is 1. The molecule has 102 valence electrons. The van der Waals surface area contributed by atoms with Gasteiger partial charge in [-0.15, -0.1) is 0 Å². The molecule has 0 spiro atoms. The summed E-state index contributed by atoms with van der Waals surface area (Å²) in [4.78, 5) is 2.04. The first-order chi connectivity index (χ1) is 8.40. The molecule has 0 aliphatic rings. The monoisotopic (exact) mass is 259 g/mol. The smallest absolute Gasteiger partial charge is 0.369 e. The number of nitrogens with zero attached hydrogens (tertiary/aromatic N) is 1. The Hall–Kier alpha value is -1.19. The number of benzene rings is 1. The Morgan fingerprint density at radius 3 is 2.39 bits per heavy atom. The first-order valence-electron chi connectivity index (χ1n) is 6.34. The SMILES string of the molecule is CCCN(c1cccc(C(F)(F)F)c1)C(C)CC. The van der Waals surface area contributed by atoms with Crippen LogP contribution in [-0.2, 0) is 6.18 Å². The summed E-state index contributed by atoms with van der Waals surface area (Å²) in [5.74, 6) is 0. The largest absolute Gasteiger partial charge is 0.416 e. The molecule has 1 rings (SSSR count). The lowest BCUT2D eigenvalue weighted by Gasteiger charge is -2.31. The lowest BCUT2D eigenvalue weighted by Crippen LogP contribution is -2.33. The van der Waals surface area contributed by atoms with Crippen molar-refractivity contribution < 1.29 is 13.2 Å². The van der Waals surface area contributed by atoms with Crippen LogP contribution in [0.2, 0.25) is 0 Å². The molecule has 18 heavy (non-hydrogen) atoms. The highest BCUT2D eigenvalue weighted by atomic mass is 19.4. The predicted octanol–water partition coefficient (Wildman–Crippen LogP) is 4.72. The van der Waals surface area contributed by atoms with Gasteiger partial charge in [0.2, 0.25) is 0 Å². The van der Waals surface area contributed by atoms with E-state index in [9.17, 15) is 13.2 Å². The molecule has 0 bridgehead atoms. The van der Waals surface area contributed by atoms with Crippen molar-refractivity contribution in [2.24, 2.45) is 0 Å². The molecule has 0 heterocycles. The van der Waals surface area contributed by atoms with Crippen molar-refractivity contribution >= 4 is 5.69 Å². The number of rotatable bonds is 5. The van der Waals surface area contributed by atoms with Crippen LogP contribution in [0, 0.1) is 0 Å². The Morgan fingerprint density at radius 2 is 1.89 bits per heavy atom. The minimum atomic E-state index is -4.27. The number of alkyl halides is 3. The molecule has 0 aliphatic carbocycles. The summed E-state index contributed by atoms with van der Waals surface area (Å²) in [5.41, 5.74) is 0.0745. The number of halogens is 3. The molecule has 0 saturated carbocycles. The second kappa shape index (κ2) is 6.12. The van der Waals surface area contributed by atoms with Crippen molar-refractivity contribution in [3.05, 3.63) is 29.8 Å². The first-order valence-corrected chi connectivity index (χ1v) is 6.34. The third-order valence-corrected chi connectivity index (χ3v) is 3.09. The highest BCUT2D eigenvalue weighted by Gasteiger charge is 2.31. The van der Waals surface area contributed by atoms with Gasteiger partial charge in [-0.25, -0.2) is 0 Å². The Kier molecular flexibility index (Phi) is 5.05. The molecular weight excluding hydrogens is 239 g/mol. The highest BCUT2D eigenvalue weighted by Crippen LogP contribution is 2.32. The van der Waals surface area contributed by atoms with Crippen LogP contribution in [0.25, 0.3) is 0 Å². The quantitative estimate of drug-likeness (QED) is 0.739. The maximum atomic E-state index is 12.7. The molecule has 0 amide bonds. The standard InChI is InChI=1S/C14H20F3N/c1-4-9-18(11(3)5-2)13-8-6-7-12(10-13)14(15,16)17/h6-8,10-11H,4-5,9H2,1-3H3. The summed E-state index contributed by atoms with van der Waals surface area (Å²) < 4.78 is 38.0. The molecule has 0 N–H and O–H groups in total. The van der Waals surface area contributed by atoms with Crippen LogP contribution < -0.4 is 4.90 Å². The van der Waals surface area contributed by atoms with Crippen LogP contribution in [0.5, 0.6) is 0 Å². The van der Waals surface area contributed by atoms with E-state index in [1.54, 1.807) is 6.07 Å². The third-order valence-electron chi connectivity index (χ3n) is 3.09. The van der Waals surface area contributed by atoms with Crippen LogP contribution in [0.1, 0.15) is 39.2 Å². The molecule has 1 unspecified atom stereocenters. The Labute approximate surface area is 107 Å². The van der Waals surface area contributed by atoms with E-state index in [2.05, 4.69) is 0 Å². The fourth-order valence-electron chi connectivity index (χ4n) is 1.93. The van der Waals surface area contributed by atoms with Gasteiger partial charge in [0.1, 0.15) is 0 Å². The lowest BCUT2D eigenvalue weighted by atomic mass is 10.1. The highest BCUT2D eigenvalue weighted by molar-refractivity contribution is 5.50. The lowest BCUT2D eigenvalue weighted by molar-refractivity contribution is -0.137. The van der Waals surface area contributed by atoms with Crippen molar-refractivity contribution in [2.45, 2.75) is 45.8 Å². The van der Waals surface area contributed by atoms with E-state index < -0.39 is 11.7 Å². The molecule has 0 saturated heterocycles. The van der Waals surface area contributed by atoms with Crippen molar-refractivity contribution in [1.29, 1.82) is 0 Å². The summed E-state index contributed by atoms with van der Waals surface area (Å²) >= 11 is 0. The van der Waals surface area contributed by atoms with Crippen LogP contribution in [0.3, 0.4) is 0 Å². The van der Waals surface area contributed by atoms with Crippen LogP contribution in [0.15, 0.2) is 24.3 Å². The van der Waals surface area contributed by atoms with Crippen molar-refractivity contribution in [2.75, 3.05) is 11.4 Å². The minimum Gasteiger partial charge on any atom is -0.369 e. The molecule has 4 heteroatoms. The van der Waals surface area contributed by atoms with Gasteiger partial charge in [-0.1, -0.05) is 19.9 Å². The molecule has 1 nitrogen and oxygen atoms in total. The van der Waals surface area contributed by atoms with Crippen LogP contribution in [-0.4, -0.2) is 12.6 Å². The van der Waals surface area contributed by atoms with Gasteiger partial charge in [-0.3, -0.25) is 0 Å². The van der Waals surface area contributed by atoms with Gasteiger partial charge in [0, 0.05) is 18.3 Å². The van der Waals surface area contributed by atoms with Gasteiger partial charge in [-0.2, -0.15) is 13.2 Å². The first kappa shape index (κ1) is 14.9. The Morgan fingerprint density at radius 1 is 1.22 bits per heavy atom.